The lowest BCUT2D eigenvalue weighted by Crippen LogP contribution is -2.28. The first-order valence-corrected chi connectivity index (χ1v) is 8.46. The fourth-order valence-corrected chi connectivity index (χ4v) is 4.16. The van der Waals surface area contributed by atoms with Gasteiger partial charge in [0, 0.05) is 17.0 Å². The van der Waals surface area contributed by atoms with Gasteiger partial charge in [0.05, 0.1) is 10.2 Å². The van der Waals surface area contributed by atoms with Crippen molar-refractivity contribution in [1.82, 2.24) is 4.98 Å². The fourth-order valence-electron chi connectivity index (χ4n) is 2.55. The van der Waals surface area contributed by atoms with Crippen molar-refractivity contribution in [2.24, 2.45) is 11.1 Å². The number of nitrogens with two attached hydrogens (primary N) is 1. The van der Waals surface area contributed by atoms with Gasteiger partial charge in [-0.3, -0.25) is 0 Å². The number of hydrogen-bond acceptors (Lipinski definition) is 4. The maximum absolute atomic E-state index is 6.27. The number of nitrogens with zero attached hydrogens (tertiary/aromatic N) is 1. The molecule has 1 aliphatic carbocycles. The van der Waals surface area contributed by atoms with E-state index in [1.807, 2.05) is 6.07 Å². The second kappa shape index (κ2) is 4.69. The average molecular weight is 406 g/mol. The molecule has 0 saturated carbocycles. The van der Waals surface area contributed by atoms with Crippen molar-refractivity contribution < 1.29 is 4.42 Å². The van der Waals surface area contributed by atoms with Gasteiger partial charge in [-0.25, -0.2) is 4.98 Å². The van der Waals surface area contributed by atoms with E-state index in [4.69, 9.17) is 15.1 Å². The summed E-state index contributed by atoms with van der Waals surface area (Å²) in [5, 5.41) is 0.907. The van der Waals surface area contributed by atoms with Crippen LogP contribution in [0.2, 0.25) is 0 Å². The van der Waals surface area contributed by atoms with E-state index in [1.165, 1.54) is 4.88 Å². The van der Waals surface area contributed by atoms with Gasteiger partial charge in [-0.1, -0.05) is 13.8 Å². The van der Waals surface area contributed by atoms with Crippen LogP contribution < -0.4 is 5.73 Å². The van der Waals surface area contributed by atoms with Crippen LogP contribution in [0.1, 0.15) is 36.9 Å². The SMILES string of the molecule is CC1(C)Cc2nc(-c3cc(Br)c(Br)o3)sc2C(N)C1. The molecule has 1 atom stereocenters. The molecule has 0 spiro atoms. The summed E-state index contributed by atoms with van der Waals surface area (Å²) in [6.07, 6.45) is 1.99. The zero-order valence-corrected chi connectivity index (χ0v) is 14.7. The summed E-state index contributed by atoms with van der Waals surface area (Å²) < 4.78 is 7.24. The molecule has 0 saturated heterocycles. The summed E-state index contributed by atoms with van der Waals surface area (Å²) in [4.78, 5) is 5.93. The average Bonchev–Trinajstić information content (AvgIpc) is 2.82. The topological polar surface area (TPSA) is 52.0 Å². The fraction of sp³-hybridized carbons (Fsp3) is 0.462. The number of thiazole rings is 1. The lowest BCUT2D eigenvalue weighted by molar-refractivity contribution is 0.282. The first kappa shape index (κ1) is 13.8. The van der Waals surface area contributed by atoms with E-state index < -0.39 is 0 Å². The molecule has 6 heteroatoms. The van der Waals surface area contributed by atoms with Crippen LogP contribution in [0.4, 0.5) is 0 Å². The van der Waals surface area contributed by atoms with E-state index in [-0.39, 0.29) is 11.5 Å². The smallest absolute Gasteiger partial charge is 0.184 e. The Morgan fingerprint density at radius 2 is 2.21 bits per heavy atom. The summed E-state index contributed by atoms with van der Waals surface area (Å²) >= 11 is 8.43. The molecule has 0 fully saturated rings. The minimum Gasteiger partial charge on any atom is -0.446 e. The highest BCUT2D eigenvalue weighted by Gasteiger charge is 2.33. The van der Waals surface area contributed by atoms with Gasteiger partial charge in [0.2, 0.25) is 0 Å². The Bertz CT molecular complexity index is 613. The molecule has 1 aliphatic rings. The molecule has 3 nitrogen and oxygen atoms in total. The summed E-state index contributed by atoms with van der Waals surface area (Å²) in [7, 11) is 0. The van der Waals surface area contributed by atoms with E-state index in [9.17, 15) is 0 Å². The molecular formula is C13H14Br2N2OS. The van der Waals surface area contributed by atoms with Gasteiger partial charge in [-0.05, 0) is 50.1 Å². The Morgan fingerprint density at radius 3 is 2.84 bits per heavy atom. The van der Waals surface area contributed by atoms with Gasteiger partial charge in [0.15, 0.2) is 15.4 Å². The first-order chi connectivity index (χ1) is 8.85. The molecule has 2 aromatic heterocycles. The molecule has 19 heavy (non-hydrogen) atoms. The van der Waals surface area contributed by atoms with Crippen LogP contribution in [-0.2, 0) is 6.42 Å². The third-order valence-corrected chi connectivity index (χ3v) is 6.29. The van der Waals surface area contributed by atoms with Crippen LogP contribution in [0.3, 0.4) is 0 Å². The molecule has 1 unspecified atom stereocenters. The molecule has 0 bridgehead atoms. The lowest BCUT2D eigenvalue weighted by atomic mass is 9.77. The molecule has 0 aliphatic heterocycles. The third kappa shape index (κ3) is 2.55. The van der Waals surface area contributed by atoms with Gasteiger partial charge < -0.3 is 10.2 Å². The molecule has 0 amide bonds. The van der Waals surface area contributed by atoms with Gasteiger partial charge in [0.1, 0.15) is 0 Å². The molecule has 2 N–H and O–H groups in total. The van der Waals surface area contributed by atoms with Crippen molar-refractivity contribution in [2.45, 2.75) is 32.7 Å². The monoisotopic (exact) mass is 404 g/mol. The highest BCUT2D eigenvalue weighted by atomic mass is 79.9. The largest absolute Gasteiger partial charge is 0.446 e. The first-order valence-electron chi connectivity index (χ1n) is 6.06. The zero-order chi connectivity index (χ0) is 13.8. The Balaban J connectivity index is 2.03. The van der Waals surface area contributed by atoms with E-state index in [2.05, 4.69) is 45.7 Å². The second-order valence-electron chi connectivity index (χ2n) is 5.71. The van der Waals surface area contributed by atoms with Gasteiger partial charge >= 0.3 is 0 Å². The predicted octanol–water partition coefficient (Wildman–Crippen LogP) is 4.90. The third-order valence-electron chi connectivity index (χ3n) is 3.34. The minimum absolute atomic E-state index is 0.0897. The van der Waals surface area contributed by atoms with Gasteiger partial charge in [-0.15, -0.1) is 11.3 Å². The number of hydrogen-bond donors (Lipinski definition) is 1. The number of fused-ring (bicyclic) bond motifs is 1. The molecule has 102 valence electrons. The van der Waals surface area contributed by atoms with E-state index in [1.54, 1.807) is 11.3 Å². The van der Waals surface area contributed by atoms with Crippen molar-refractivity contribution in [2.75, 3.05) is 0 Å². The standard InChI is InChI=1S/C13H14Br2N2OS/c1-13(2)4-7(16)10-8(5-13)17-12(19-10)9-3-6(14)11(15)18-9/h3,7H,4-5,16H2,1-2H3. The van der Waals surface area contributed by atoms with Crippen molar-refractivity contribution in [3.8, 4) is 10.8 Å². The van der Waals surface area contributed by atoms with E-state index in [0.717, 1.165) is 33.8 Å². The molecule has 0 radical (unpaired) electrons. The summed E-state index contributed by atoms with van der Waals surface area (Å²) in [5.74, 6) is 0.781. The molecule has 3 rings (SSSR count). The number of aromatic nitrogens is 1. The summed E-state index contributed by atoms with van der Waals surface area (Å²) in [6, 6.07) is 2.03. The van der Waals surface area contributed by atoms with Crippen molar-refractivity contribution >= 4 is 43.2 Å². The highest BCUT2D eigenvalue weighted by molar-refractivity contribution is 9.13. The highest BCUT2D eigenvalue weighted by Crippen LogP contribution is 2.44. The van der Waals surface area contributed by atoms with Crippen LogP contribution in [-0.4, -0.2) is 4.98 Å². The molecular weight excluding hydrogens is 392 g/mol. The van der Waals surface area contributed by atoms with E-state index in [0.29, 0.717) is 4.67 Å². The normalized spacial score (nSPS) is 21.4. The van der Waals surface area contributed by atoms with Crippen LogP contribution >= 0.6 is 43.2 Å². The Hall–Kier alpha value is -0.170. The molecule has 2 aromatic rings. The maximum Gasteiger partial charge on any atom is 0.184 e. The van der Waals surface area contributed by atoms with E-state index >= 15 is 0 Å². The quantitative estimate of drug-likeness (QED) is 0.733. The minimum atomic E-state index is 0.0897. The van der Waals surface area contributed by atoms with Gasteiger partial charge in [0.25, 0.3) is 0 Å². The lowest BCUT2D eigenvalue weighted by Gasteiger charge is -2.32. The second-order valence-corrected chi connectivity index (χ2v) is 8.32. The molecule has 0 aromatic carbocycles. The van der Waals surface area contributed by atoms with Gasteiger partial charge in [-0.2, -0.15) is 0 Å². The number of halogens is 2. The zero-order valence-electron chi connectivity index (χ0n) is 10.7. The maximum atomic E-state index is 6.27. The van der Waals surface area contributed by atoms with Crippen LogP contribution in [0, 0.1) is 5.41 Å². The van der Waals surface area contributed by atoms with Crippen LogP contribution in [0.5, 0.6) is 0 Å². The molecule has 2 heterocycles. The predicted molar refractivity (Wildman–Crippen MR) is 84.2 cm³/mol. The van der Waals surface area contributed by atoms with Crippen LogP contribution in [0.25, 0.3) is 10.8 Å². The van der Waals surface area contributed by atoms with Crippen LogP contribution in [0.15, 0.2) is 19.6 Å². The van der Waals surface area contributed by atoms with Crippen molar-refractivity contribution in [1.29, 1.82) is 0 Å². The summed E-state index contributed by atoms with van der Waals surface area (Å²) in [6.45, 7) is 4.49. The number of furan rings is 1. The van der Waals surface area contributed by atoms with Crippen molar-refractivity contribution in [3.05, 3.63) is 25.8 Å². The van der Waals surface area contributed by atoms with Crippen molar-refractivity contribution in [3.63, 3.8) is 0 Å². The Kier molecular flexibility index (Phi) is 3.40. The summed E-state index contributed by atoms with van der Waals surface area (Å²) in [5.41, 5.74) is 7.63. The Labute approximate surface area is 132 Å². The number of rotatable bonds is 1. The Morgan fingerprint density at radius 1 is 1.47 bits per heavy atom.